The molecule has 17 heavy (non-hydrogen) atoms. The Bertz CT molecular complexity index is 392. The topological polar surface area (TPSA) is 58.6 Å². The predicted molar refractivity (Wildman–Crippen MR) is 64.0 cm³/mol. The van der Waals surface area contributed by atoms with Crippen LogP contribution in [0.25, 0.3) is 0 Å². The van der Waals surface area contributed by atoms with E-state index in [0.717, 1.165) is 11.3 Å². The maximum atomic E-state index is 12.0. The summed E-state index contributed by atoms with van der Waals surface area (Å²) in [4.78, 5) is 12.0. The van der Waals surface area contributed by atoms with Crippen LogP contribution in [-0.2, 0) is 4.79 Å². The number of aliphatic hydroxyl groups excluding tert-OH is 1. The van der Waals surface area contributed by atoms with Gasteiger partial charge in [0.05, 0.1) is 12.5 Å². The number of amides is 1. The summed E-state index contributed by atoms with van der Waals surface area (Å²) in [5.74, 6) is 0.703. The number of fused-ring (bicyclic) bond motifs is 1. The molecule has 1 aliphatic rings. The Kier molecular flexibility index (Phi) is 3.98. The molecule has 1 aromatic rings. The lowest BCUT2D eigenvalue weighted by Gasteiger charge is -2.25. The molecule has 1 unspecified atom stereocenters. The summed E-state index contributed by atoms with van der Waals surface area (Å²) in [6.45, 7) is 1.20. The van der Waals surface area contributed by atoms with Gasteiger partial charge in [0.15, 0.2) is 0 Å². The first-order valence-electron chi connectivity index (χ1n) is 5.93. The van der Waals surface area contributed by atoms with Gasteiger partial charge in [-0.2, -0.15) is 0 Å². The number of benzene rings is 1. The van der Waals surface area contributed by atoms with Crippen LogP contribution in [0.4, 0.5) is 0 Å². The maximum absolute atomic E-state index is 12.0. The molecule has 0 aromatic heterocycles. The number of nitrogens with one attached hydrogen (secondary N) is 1. The first kappa shape index (κ1) is 11.9. The van der Waals surface area contributed by atoms with E-state index in [-0.39, 0.29) is 18.4 Å². The molecule has 4 heteroatoms. The average molecular weight is 235 g/mol. The number of para-hydroxylation sites is 1. The Hall–Kier alpha value is -1.55. The predicted octanol–water partition coefficient (Wildman–Crippen LogP) is 1.05. The summed E-state index contributed by atoms with van der Waals surface area (Å²) < 4.78 is 5.51. The van der Waals surface area contributed by atoms with Crippen molar-refractivity contribution in [1.82, 2.24) is 5.32 Å². The van der Waals surface area contributed by atoms with Gasteiger partial charge < -0.3 is 15.2 Å². The van der Waals surface area contributed by atoms with Gasteiger partial charge in [0.2, 0.25) is 5.91 Å². The number of carbonyl (C=O) groups excluding carboxylic acids is 1. The minimum absolute atomic E-state index is 0.0224. The van der Waals surface area contributed by atoms with Crippen molar-refractivity contribution in [1.29, 1.82) is 0 Å². The highest BCUT2D eigenvalue weighted by molar-refractivity contribution is 5.84. The van der Waals surface area contributed by atoms with Gasteiger partial charge in [-0.05, 0) is 18.9 Å². The summed E-state index contributed by atoms with van der Waals surface area (Å²) in [6.07, 6.45) is 1.30. The van der Waals surface area contributed by atoms with Crippen molar-refractivity contribution in [2.45, 2.75) is 18.8 Å². The van der Waals surface area contributed by atoms with Gasteiger partial charge in [-0.15, -0.1) is 0 Å². The fourth-order valence-corrected chi connectivity index (χ4v) is 2.03. The first-order valence-corrected chi connectivity index (χ1v) is 5.93. The molecule has 0 bridgehead atoms. The smallest absolute Gasteiger partial charge is 0.227 e. The second kappa shape index (κ2) is 5.68. The Morgan fingerprint density at radius 1 is 1.47 bits per heavy atom. The second-order valence-corrected chi connectivity index (χ2v) is 4.10. The van der Waals surface area contributed by atoms with Crippen molar-refractivity contribution in [3.8, 4) is 5.75 Å². The Balaban J connectivity index is 2.05. The average Bonchev–Trinajstić information content (AvgIpc) is 2.38. The van der Waals surface area contributed by atoms with Crippen molar-refractivity contribution < 1.29 is 14.6 Å². The summed E-state index contributed by atoms with van der Waals surface area (Å²) in [5, 5.41) is 11.5. The third-order valence-corrected chi connectivity index (χ3v) is 2.91. The van der Waals surface area contributed by atoms with Crippen molar-refractivity contribution in [3.05, 3.63) is 29.8 Å². The van der Waals surface area contributed by atoms with E-state index in [1.165, 1.54) is 0 Å². The molecule has 0 radical (unpaired) electrons. The van der Waals surface area contributed by atoms with E-state index in [0.29, 0.717) is 26.0 Å². The normalized spacial score (nSPS) is 18.1. The van der Waals surface area contributed by atoms with Crippen molar-refractivity contribution in [3.63, 3.8) is 0 Å². The highest BCUT2D eigenvalue weighted by Gasteiger charge is 2.26. The molecule has 92 valence electrons. The highest BCUT2D eigenvalue weighted by Crippen LogP contribution is 2.33. The van der Waals surface area contributed by atoms with Gasteiger partial charge in [0.25, 0.3) is 0 Å². The van der Waals surface area contributed by atoms with Crippen LogP contribution in [0.1, 0.15) is 24.3 Å². The summed E-state index contributed by atoms with van der Waals surface area (Å²) in [7, 11) is 0. The minimum Gasteiger partial charge on any atom is -0.493 e. The lowest BCUT2D eigenvalue weighted by atomic mass is 9.92. The van der Waals surface area contributed by atoms with E-state index in [2.05, 4.69) is 5.32 Å². The van der Waals surface area contributed by atoms with Gasteiger partial charge in [-0.3, -0.25) is 4.79 Å². The lowest BCUT2D eigenvalue weighted by molar-refractivity contribution is -0.123. The van der Waals surface area contributed by atoms with E-state index in [1.54, 1.807) is 0 Å². The molecule has 2 rings (SSSR count). The quantitative estimate of drug-likeness (QED) is 0.767. The highest BCUT2D eigenvalue weighted by atomic mass is 16.5. The second-order valence-electron chi connectivity index (χ2n) is 4.10. The molecule has 1 amide bonds. The monoisotopic (exact) mass is 235 g/mol. The van der Waals surface area contributed by atoms with Crippen LogP contribution in [-0.4, -0.2) is 30.8 Å². The van der Waals surface area contributed by atoms with Crippen LogP contribution in [0.2, 0.25) is 0 Å². The number of carbonyl (C=O) groups is 1. The van der Waals surface area contributed by atoms with Crippen LogP contribution in [0.5, 0.6) is 5.75 Å². The van der Waals surface area contributed by atoms with Crippen LogP contribution in [0.15, 0.2) is 24.3 Å². The van der Waals surface area contributed by atoms with Crippen LogP contribution >= 0.6 is 0 Å². The zero-order valence-corrected chi connectivity index (χ0v) is 9.69. The van der Waals surface area contributed by atoms with E-state index < -0.39 is 0 Å². The van der Waals surface area contributed by atoms with Gasteiger partial charge in [-0.1, -0.05) is 18.2 Å². The fourth-order valence-electron chi connectivity index (χ4n) is 2.03. The standard InChI is InChI=1S/C13H17NO3/c15-8-3-7-14-13(16)11-6-9-17-12-5-2-1-4-10(11)12/h1-2,4-5,11,15H,3,6-9H2,(H,14,16). The van der Waals surface area contributed by atoms with E-state index >= 15 is 0 Å². The number of rotatable bonds is 4. The number of hydrogen-bond donors (Lipinski definition) is 2. The molecular weight excluding hydrogens is 218 g/mol. The van der Waals surface area contributed by atoms with E-state index in [9.17, 15) is 4.79 Å². The molecule has 1 aromatic carbocycles. The number of hydrogen-bond acceptors (Lipinski definition) is 3. The minimum atomic E-state index is -0.126. The molecule has 1 heterocycles. The Morgan fingerprint density at radius 3 is 3.12 bits per heavy atom. The third kappa shape index (κ3) is 2.77. The SMILES string of the molecule is O=C(NCCCO)C1CCOc2ccccc21. The Morgan fingerprint density at radius 2 is 2.29 bits per heavy atom. The molecule has 0 saturated carbocycles. The molecule has 1 aliphatic heterocycles. The molecule has 1 atom stereocenters. The van der Waals surface area contributed by atoms with Gasteiger partial charge in [-0.25, -0.2) is 0 Å². The summed E-state index contributed by atoms with van der Waals surface area (Å²) >= 11 is 0. The van der Waals surface area contributed by atoms with Crippen LogP contribution < -0.4 is 10.1 Å². The molecule has 0 fully saturated rings. The molecule has 2 N–H and O–H groups in total. The molecule has 0 spiro atoms. The summed E-state index contributed by atoms with van der Waals surface area (Å²) in [6, 6.07) is 7.65. The van der Waals surface area contributed by atoms with Crippen LogP contribution in [0.3, 0.4) is 0 Å². The van der Waals surface area contributed by atoms with Crippen molar-refractivity contribution >= 4 is 5.91 Å². The zero-order chi connectivity index (χ0) is 12.1. The third-order valence-electron chi connectivity index (χ3n) is 2.91. The first-order chi connectivity index (χ1) is 8.33. The zero-order valence-electron chi connectivity index (χ0n) is 9.69. The van der Waals surface area contributed by atoms with Gasteiger partial charge in [0.1, 0.15) is 5.75 Å². The molecule has 0 saturated heterocycles. The van der Waals surface area contributed by atoms with Crippen molar-refractivity contribution in [2.24, 2.45) is 0 Å². The van der Waals surface area contributed by atoms with E-state index in [1.807, 2.05) is 24.3 Å². The number of aliphatic hydroxyl groups is 1. The van der Waals surface area contributed by atoms with E-state index in [4.69, 9.17) is 9.84 Å². The largest absolute Gasteiger partial charge is 0.493 e. The van der Waals surface area contributed by atoms with Crippen LogP contribution in [0, 0.1) is 0 Å². The lowest BCUT2D eigenvalue weighted by Crippen LogP contribution is -2.33. The van der Waals surface area contributed by atoms with Gasteiger partial charge in [0, 0.05) is 18.7 Å². The molecule has 4 nitrogen and oxygen atoms in total. The molecule has 0 aliphatic carbocycles. The Labute approximate surface area is 101 Å². The van der Waals surface area contributed by atoms with Gasteiger partial charge >= 0.3 is 0 Å². The van der Waals surface area contributed by atoms with Crippen molar-refractivity contribution in [2.75, 3.05) is 19.8 Å². The number of ether oxygens (including phenoxy) is 1. The fraction of sp³-hybridized carbons (Fsp3) is 0.462. The maximum Gasteiger partial charge on any atom is 0.227 e. The summed E-state index contributed by atoms with van der Waals surface area (Å²) in [5.41, 5.74) is 0.959. The molecular formula is C13H17NO3.